The lowest BCUT2D eigenvalue weighted by Crippen LogP contribution is -2.30. The van der Waals surface area contributed by atoms with Gasteiger partial charge in [-0.3, -0.25) is 14.4 Å². The molecule has 0 heterocycles. The van der Waals surface area contributed by atoms with E-state index in [0.29, 0.717) is 19.3 Å². The van der Waals surface area contributed by atoms with E-state index in [1.54, 1.807) is 0 Å². The Hall–Kier alpha value is -4.19. The molecular formula is C69H114O6. The van der Waals surface area contributed by atoms with Gasteiger partial charge in [0.15, 0.2) is 6.10 Å². The van der Waals surface area contributed by atoms with Crippen LogP contribution in [0.25, 0.3) is 0 Å². The smallest absolute Gasteiger partial charge is 0.306 e. The summed E-state index contributed by atoms with van der Waals surface area (Å²) in [5.41, 5.74) is 0. The highest BCUT2D eigenvalue weighted by molar-refractivity contribution is 5.71. The highest BCUT2D eigenvalue weighted by Crippen LogP contribution is 2.16. The molecular weight excluding hydrogens is 925 g/mol. The SMILES string of the molecule is CC/C=C\C/C=C\C/C=C\C/C=C\CCCCCCCCCCCCCCCCC(=O)OCC(COC(=O)CC/C=C\C/C=C\C/C=C\C/C=C\CC)OC(=O)CCCCCCCCC/C=C\C/C=C\CCCCC. The predicted octanol–water partition coefficient (Wildman–Crippen LogP) is 21.2. The molecule has 0 aromatic rings. The van der Waals surface area contributed by atoms with Gasteiger partial charge in [-0.1, -0.05) is 264 Å². The van der Waals surface area contributed by atoms with Crippen LogP contribution in [0.3, 0.4) is 0 Å². The molecule has 0 rings (SSSR count). The molecule has 75 heavy (non-hydrogen) atoms. The third-order valence-corrected chi connectivity index (χ3v) is 12.9. The summed E-state index contributed by atoms with van der Waals surface area (Å²) in [5.74, 6) is -0.996. The third-order valence-electron chi connectivity index (χ3n) is 12.9. The Morgan fingerprint density at radius 1 is 0.280 bits per heavy atom. The normalized spacial score (nSPS) is 12.9. The summed E-state index contributed by atoms with van der Waals surface area (Å²) < 4.78 is 16.8. The van der Waals surface area contributed by atoms with Crippen LogP contribution in [0.15, 0.2) is 122 Å². The molecule has 0 aliphatic rings. The van der Waals surface area contributed by atoms with Crippen molar-refractivity contribution in [3.05, 3.63) is 122 Å². The Morgan fingerprint density at radius 2 is 0.547 bits per heavy atom. The first-order valence-corrected chi connectivity index (χ1v) is 31.0. The summed E-state index contributed by atoms with van der Waals surface area (Å²) in [6.45, 7) is 6.33. The van der Waals surface area contributed by atoms with Crippen LogP contribution in [0, 0.1) is 0 Å². The molecule has 6 heteroatoms. The van der Waals surface area contributed by atoms with Crippen molar-refractivity contribution in [2.24, 2.45) is 0 Å². The first-order chi connectivity index (χ1) is 37.0. The molecule has 0 fully saturated rings. The molecule has 1 unspecified atom stereocenters. The number of unbranched alkanes of at least 4 members (excludes halogenated alkanes) is 24. The van der Waals surface area contributed by atoms with E-state index in [-0.39, 0.29) is 37.5 Å². The standard InChI is InChI=1S/C69H114O6/c1-4-7-10-13-16-19-22-25-27-29-30-31-32-33-34-35-36-37-38-40-41-44-47-50-53-56-59-62-68(71)74-65-66(64-73-67(70)61-58-55-52-49-46-43-24-21-18-15-12-9-6-3)75-69(72)63-60-57-54-51-48-45-42-39-28-26-23-20-17-14-11-8-5-2/h7,9-10,12,16-21,25-28,30-31,43,46,52,55,66H,4-6,8,11,13-15,22-24,29,32-42,44-45,47-51,53-54,56-65H2,1-3H3/b10-7-,12-9-,19-16-,20-17-,21-18-,27-25-,28-26-,31-30-,46-43-,55-52-. The number of esters is 3. The van der Waals surface area contributed by atoms with Crippen molar-refractivity contribution < 1.29 is 28.6 Å². The van der Waals surface area contributed by atoms with Crippen LogP contribution in [-0.2, 0) is 28.6 Å². The van der Waals surface area contributed by atoms with E-state index < -0.39 is 6.10 Å². The summed E-state index contributed by atoms with van der Waals surface area (Å²) in [6.07, 6.45) is 86.5. The van der Waals surface area contributed by atoms with Gasteiger partial charge in [-0.15, -0.1) is 0 Å². The Morgan fingerprint density at radius 3 is 0.893 bits per heavy atom. The van der Waals surface area contributed by atoms with Gasteiger partial charge in [0, 0.05) is 19.3 Å². The molecule has 0 N–H and O–H groups in total. The van der Waals surface area contributed by atoms with Gasteiger partial charge in [0.05, 0.1) is 0 Å². The fourth-order valence-electron chi connectivity index (χ4n) is 8.36. The molecule has 0 spiro atoms. The van der Waals surface area contributed by atoms with E-state index in [4.69, 9.17) is 14.2 Å². The molecule has 0 saturated heterocycles. The van der Waals surface area contributed by atoms with Gasteiger partial charge in [-0.05, 0) is 116 Å². The van der Waals surface area contributed by atoms with Gasteiger partial charge in [-0.25, -0.2) is 0 Å². The van der Waals surface area contributed by atoms with E-state index in [1.165, 1.54) is 128 Å². The second-order valence-electron chi connectivity index (χ2n) is 20.2. The summed E-state index contributed by atoms with van der Waals surface area (Å²) in [6, 6.07) is 0. The van der Waals surface area contributed by atoms with Crippen LogP contribution < -0.4 is 0 Å². The second kappa shape index (κ2) is 62.4. The fourth-order valence-corrected chi connectivity index (χ4v) is 8.36. The van der Waals surface area contributed by atoms with Crippen LogP contribution in [0.2, 0.25) is 0 Å². The molecule has 0 amide bonds. The highest BCUT2D eigenvalue weighted by atomic mass is 16.6. The topological polar surface area (TPSA) is 78.9 Å². The molecule has 0 aromatic carbocycles. The largest absolute Gasteiger partial charge is 0.462 e. The Labute approximate surface area is 462 Å². The maximum atomic E-state index is 12.9. The minimum atomic E-state index is -0.814. The average molecular weight is 1040 g/mol. The Kier molecular flexibility index (Phi) is 58.9. The van der Waals surface area contributed by atoms with E-state index in [1.807, 2.05) is 6.08 Å². The van der Waals surface area contributed by atoms with E-state index in [9.17, 15) is 14.4 Å². The minimum Gasteiger partial charge on any atom is -0.462 e. The molecule has 0 radical (unpaired) electrons. The zero-order valence-corrected chi connectivity index (χ0v) is 48.8. The van der Waals surface area contributed by atoms with E-state index >= 15 is 0 Å². The van der Waals surface area contributed by atoms with Gasteiger partial charge in [0.1, 0.15) is 13.2 Å². The zero-order chi connectivity index (χ0) is 54.3. The lowest BCUT2D eigenvalue weighted by atomic mass is 10.0. The number of carbonyl (C=O) groups is 3. The number of ether oxygens (including phenoxy) is 3. The van der Waals surface area contributed by atoms with Gasteiger partial charge in [0.25, 0.3) is 0 Å². The van der Waals surface area contributed by atoms with Crippen LogP contribution in [-0.4, -0.2) is 37.2 Å². The van der Waals surface area contributed by atoms with Crippen LogP contribution in [0.4, 0.5) is 0 Å². The molecule has 426 valence electrons. The van der Waals surface area contributed by atoms with Crippen molar-refractivity contribution >= 4 is 17.9 Å². The van der Waals surface area contributed by atoms with E-state index in [2.05, 4.69) is 136 Å². The fraction of sp³-hybridized carbons (Fsp3) is 0.667. The molecule has 6 nitrogen and oxygen atoms in total. The van der Waals surface area contributed by atoms with Crippen molar-refractivity contribution in [3.63, 3.8) is 0 Å². The molecule has 1 atom stereocenters. The zero-order valence-electron chi connectivity index (χ0n) is 48.8. The van der Waals surface area contributed by atoms with Crippen molar-refractivity contribution in [2.75, 3.05) is 13.2 Å². The van der Waals surface area contributed by atoms with Crippen molar-refractivity contribution in [1.82, 2.24) is 0 Å². The summed E-state index contributed by atoms with van der Waals surface area (Å²) >= 11 is 0. The van der Waals surface area contributed by atoms with Crippen molar-refractivity contribution in [3.8, 4) is 0 Å². The Balaban J connectivity index is 4.33. The van der Waals surface area contributed by atoms with Gasteiger partial charge in [0.2, 0.25) is 0 Å². The minimum absolute atomic E-state index is 0.105. The van der Waals surface area contributed by atoms with Crippen LogP contribution in [0.1, 0.15) is 278 Å². The monoisotopic (exact) mass is 1040 g/mol. The summed E-state index contributed by atoms with van der Waals surface area (Å²) in [5, 5.41) is 0. The first kappa shape index (κ1) is 70.8. The average Bonchev–Trinajstić information content (AvgIpc) is 3.41. The number of rotatable bonds is 55. The third kappa shape index (κ3) is 60.6. The van der Waals surface area contributed by atoms with Gasteiger partial charge < -0.3 is 14.2 Å². The number of hydrogen-bond donors (Lipinski definition) is 0. The lowest BCUT2D eigenvalue weighted by molar-refractivity contribution is -0.166. The second-order valence-corrected chi connectivity index (χ2v) is 20.2. The number of hydrogen-bond acceptors (Lipinski definition) is 6. The summed E-state index contributed by atoms with van der Waals surface area (Å²) in [4.78, 5) is 38.2. The molecule has 0 bridgehead atoms. The highest BCUT2D eigenvalue weighted by Gasteiger charge is 2.19. The lowest BCUT2D eigenvalue weighted by Gasteiger charge is -2.18. The molecule has 0 aromatic heterocycles. The Bertz CT molecular complexity index is 1570. The van der Waals surface area contributed by atoms with E-state index in [0.717, 1.165) is 103 Å². The summed E-state index contributed by atoms with van der Waals surface area (Å²) in [7, 11) is 0. The van der Waals surface area contributed by atoms with Crippen molar-refractivity contribution in [2.45, 2.75) is 284 Å². The first-order valence-electron chi connectivity index (χ1n) is 31.0. The molecule has 0 aliphatic carbocycles. The maximum absolute atomic E-state index is 12.9. The molecule has 0 saturated carbocycles. The van der Waals surface area contributed by atoms with Crippen LogP contribution >= 0.6 is 0 Å². The van der Waals surface area contributed by atoms with Gasteiger partial charge >= 0.3 is 17.9 Å². The molecule has 0 aliphatic heterocycles. The maximum Gasteiger partial charge on any atom is 0.306 e. The van der Waals surface area contributed by atoms with Crippen LogP contribution in [0.5, 0.6) is 0 Å². The van der Waals surface area contributed by atoms with Crippen molar-refractivity contribution in [1.29, 1.82) is 0 Å². The number of carbonyl (C=O) groups excluding carboxylic acids is 3. The quantitative estimate of drug-likeness (QED) is 0.0261. The van der Waals surface area contributed by atoms with Gasteiger partial charge in [-0.2, -0.15) is 0 Å². The number of allylic oxidation sites excluding steroid dienone is 20. The predicted molar refractivity (Wildman–Crippen MR) is 325 cm³/mol.